The summed E-state index contributed by atoms with van der Waals surface area (Å²) in [7, 11) is 0. The van der Waals surface area contributed by atoms with Crippen LogP contribution < -0.4 is 10.6 Å². The zero-order chi connectivity index (χ0) is 21.3. The van der Waals surface area contributed by atoms with E-state index in [0.29, 0.717) is 19.4 Å². The first kappa shape index (κ1) is 21.4. The van der Waals surface area contributed by atoms with Crippen molar-refractivity contribution in [1.82, 2.24) is 10.6 Å². The summed E-state index contributed by atoms with van der Waals surface area (Å²) in [5.41, 5.74) is 4.58. The minimum Gasteiger partial charge on any atom is -0.481 e. The zero-order valence-corrected chi connectivity index (χ0v) is 16.7. The summed E-state index contributed by atoms with van der Waals surface area (Å²) in [6.07, 6.45) is 1.52. The van der Waals surface area contributed by atoms with Crippen LogP contribution in [0.1, 0.15) is 42.7 Å². The number of amides is 2. The Morgan fingerprint density at radius 3 is 2.13 bits per heavy atom. The van der Waals surface area contributed by atoms with Gasteiger partial charge in [0, 0.05) is 18.9 Å². The normalized spacial score (nSPS) is 12.0. The average molecular weight is 410 g/mol. The Kier molecular flexibility index (Phi) is 7.43. The number of hydrogen-bond donors (Lipinski definition) is 3. The Morgan fingerprint density at radius 1 is 0.867 bits per heavy atom. The SMILES string of the molecule is O=C(O)CCCCCNC(=O)CNC(=O)OCC1c2ccccc2-c2ccccc21. The predicted molar refractivity (Wildman–Crippen MR) is 112 cm³/mol. The molecular formula is C23H26N2O5. The molecular weight excluding hydrogens is 384 g/mol. The molecule has 0 bridgehead atoms. The van der Waals surface area contributed by atoms with Gasteiger partial charge >= 0.3 is 12.1 Å². The van der Waals surface area contributed by atoms with Crippen LogP contribution in [0.4, 0.5) is 4.79 Å². The van der Waals surface area contributed by atoms with Crippen molar-refractivity contribution in [3.8, 4) is 11.1 Å². The number of carboxylic acid groups (broad SMARTS) is 1. The number of hydrogen-bond acceptors (Lipinski definition) is 4. The number of ether oxygens (including phenoxy) is 1. The van der Waals surface area contributed by atoms with Gasteiger partial charge in [0.25, 0.3) is 0 Å². The van der Waals surface area contributed by atoms with Crippen LogP contribution in [0.25, 0.3) is 11.1 Å². The molecule has 0 atom stereocenters. The lowest BCUT2D eigenvalue weighted by molar-refractivity contribution is -0.137. The molecule has 0 unspecified atom stereocenters. The Hall–Kier alpha value is -3.35. The number of rotatable bonds is 10. The highest BCUT2D eigenvalue weighted by Gasteiger charge is 2.28. The summed E-state index contributed by atoms with van der Waals surface area (Å²) in [5.74, 6) is -1.14. The topological polar surface area (TPSA) is 105 Å². The zero-order valence-electron chi connectivity index (χ0n) is 16.7. The van der Waals surface area contributed by atoms with Crippen LogP contribution in [0, 0.1) is 0 Å². The summed E-state index contributed by atoms with van der Waals surface area (Å²) in [5, 5.41) is 13.7. The predicted octanol–water partition coefficient (Wildman–Crippen LogP) is 3.29. The van der Waals surface area contributed by atoms with Crippen molar-refractivity contribution in [1.29, 1.82) is 0 Å². The number of carbonyl (C=O) groups is 3. The van der Waals surface area contributed by atoms with Gasteiger partial charge in [0.2, 0.25) is 5.91 Å². The molecule has 158 valence electrons. The quantitative estimate of drug-likeness (QED) is 0.522. The lowest BCUT2D eigenvalue weighted by atomic mass is 9.98. The first-order valence-corrected chi connectivity index (χ1v) is 10.1. The third-order valence-corrected chi connectivity index (χ3v) is 5.13. The van der Waals surface area contributed by atoms with Crippen LogP contribution in [0.2, 0.25) is 0 Å². The molecule has 0 heterocycles. The summed E-state index contributed by atoms with van der Waals surface area (Å²) in [6.45, 7) is 0.488. The highest BCUT2D eigenvalue weighted by Crippen LogP contribution is 2.44. The van der Waals surface area contributed by atoms with E-state index in [4.69, 9.17) is 9.84 Å². The number of unbranched alkanes of at least 4 members (excludes halogenated alkanes) is 2. The minimum atomic E-state index is -0.814. The molecule has 1 aliphatic carbocycles. The van der Waals surface area contributed by atoms with Gasteiger partial charge in [-0.05, 0) is 35.1 Å². The van der Waals surface area contributed by atoms with E-state index in [1.807, 2.05) is 36.4 Å². The fourth-order valence-corrected chi connectivity index (χ4v) is 3.67. The van der Waals surface area contributed by atoms with Crippen molar-refractivity contribution >= 4 is 18.0 Å². The fourth-order valence-electron chi connectivity index (χ4n) is 3.67. The van der Waals surface area contributed by atoms with Gasteiger partial charge in [0.15, 0.2) is 0 Å². The molecule has 1 aliphatic rings. The Bertz CT molecular complexity index is 866. The van der Waals surface area contributed by atoms with Crippen molar-refractivity contribution in [3.05, 3.63) is 59.7 Å². The molecule has 0 fully saturated rings. The second-order valence-electron chi connectivity index (χ2n) is 7.23. The third kappa shape index (κ3) is 5.59. The van der Waals surface area contributed by atoms with Crippen LogP contribution in [0.5, 0.6) is 0 Å². The van der Waals surface area contributed by atoms with Crippen LogP contribution in [0.15, 0.2) is 48.5 Å². The Morgan fingerprint density at radius 2 is 1.50 bits per heavy atom. The fraction of sp³-hybridized carbons (Fsp3) is 0.348. The second-order valence-corrected chi connectivity index (χ2v) is 7.23. The highest BCUT2D eigenvalue weighted by atomic mass is 16.5. The van der Waals surface area contributed by atoms with Crippen LogP contribution >= 0.6 is 0 Å². The average Bonchev–Trinajstić information content (AvgIpc) is 3.07. The van der Waals surface area contributed by atoms with E-state index in [1.165, 1.54) is 0 Å². The summed E-state index contributed by atoms with van der Waals surface area (Å²) < 4.78 is 5.38. The maximum absolute atomic E-state index is 12.0. The number of carboxylic acids is 1. The monoisotopic (exact) mass is 410 g/mol. The largest absolute Gasteiger partial charge is 0.481 e. The van der Waals surface area contributed by atoms with Gasteiger partial charge in [0.1, 0.15) is 6.61 Å². The number of carbonyl (C=O) groups excluding carboxylic acids is 2. The van der Waals surface area contributed by atoms with Gasteiger partial charge < -0.3 is 20.5 Å². The van der Waals surface area contributed by atoms with Gasteiger partial charge in [-0.2, -0.15) is 0 Å². The smallest absolute Gasteiger partial charge is 0.407 e. The van der Waals surface area contributed by atoms with Gasteiger partial charge in [-0.1, -0.05) is 55.0 Å². The molecule has 0 aromatic heterocycles. The Labute approximate surface area is 175 Å². The highest BCUT2D eigenvalue weighted by molar-refractivity contribution is 5.82. The molecule has 2 aromatic carbocycles. The molecule has 0 aliphatic heterocycles. The van der Waals surface area contributed by atoms with Crippen molar-refractivity contribution in [3.63, 3.8) is 0 Å². The molecule has 30 heavy (non-hydrogen) atoms. The number of fused-ring (bicyclic) bond motifs is 3. The number of nitrogens with one attached hydrogen (secondary N) is 2. The number of benzene rings is 2. The van der Waals surface area contributed by atoms with E-state index in [-0.39, 0.29) is 31.4 Å². The molecule has 2 aromatic rings. The molecule has 7 heteroatoms. The maximum atomic E-state index is 12.0. The third-order valence-electron chi connectivity index (χ3n) is 5.13. The van der Waals surface area contributed by atoms with E-state index >= 15 is 0 Å². The summed E-state index contributed by atoms with van der Waals surface area (Å²) >= 11 is 0. The first-order chi connectivity index (χ1) is 14.6. The minimum absolute atomic E-state index is 0.0252. The number of aliphatic carboxylic acids is 1. The first-order valence-electron chi connectivity index (χ1n) is 10.1. The lowest BCUT2D eigenvalue weighted by Crippen LogP contribution is -2.37. The van der Waals surface area contributed by atoms with Crippen LogP contribution in [-0.2, 0) is 14.3 Å². The second kappa shape index (κ2) is 10.4. The van der Waals surface area contributed by atoms with Crippen molar-refractivity contribution in [2.24, 2.45) is 0 Å². The Balaban J connectivity index is 1.39. The van der Waals surface area contributed by atoms with Crippen molar-refractivity contribution in [2.75, 3.05) is 19.7 Å². The van der Waals surface area contributed by atoms with Crippen LogP contribution in [-0.4, -0.2) is 42.8 Å². The molecule has 0 saturated carbocycles. The van der Waals surface area contributed by atoms with E-state index in [0.717, 1.165) is 28.7 Å². The lowest BCUT2D eigenvalue weighted by Gasteiger charge is -2.14. The van der Waals surface area contributed by atoms with E-state index < -0.39 is 12.1 Å². The maximum Gasteiger partial charge on any atom is 0.407 e. The van der Waals surface area contributed by atoms with E-state index in [2.05, 4.69) is 22.8 Å². The molecule has 0 spiro atoms. The van der Waals surface area contributed by atoms with E-state index in [9.17, 15) is 14.4 Å². The molecule has 3 N–H and O–H groups in total. The van der Waals surface area contributed by atoms with Gasteiger partial charge in [-0.3, -0.25) is 9.59 Å². The van der Waals surface area contributed by atoms with Gasteiger partial charge in [-0.25, -0.2) is 4.79 Å². The van der Waals surface area contributed by atoms with Crippen LogP contribution in [0.3, 0.4) is 0 Å². The number of alkyl carbamates (subject to hydrolysis) is 1. The standard InChI is InChI=1S/C23H26N2O5/c26-21(24-13-7-1-2-12-22(27)28)14-25-23(29)30-15-20-18-10-5-3-8-16(18)17-9-4-6-11-19(17)20/h3-6,8-11,20H,1-2,7,12-15H2,(H,24,26)(H,25,29)(H,27,28). The van der Waals surface area contributed by atoms with Crippen molar-refractivity contribution in [2.45, 2.75) is 31.6 Å². The molecule has 0 saturated heterocycles. The van der Waals surface area contributed by atoms with Crippen molar-refractivity contribution < 1.29 is 24.2 Å². The van der Waals surface area contributed by atoms with Gasteiger partial charge in [0.05, 0.1) is 6.54 Å². The molecule has 3 rings (SSSR count). The molecule has 7 nitrogen and oxygen atoms in total. The molecule has 0 radical (unpaired) electrons. The van der Waals surface area contributed by atoms with Gasteiger partial charge in [-0.15, -0.1) is 0 Å². The van der Waals surface area contributed by atoms with E-state index in [1.54, 1.807) is 0 Å². The summed E-state index contributed by atoms with van der Waals surface area (Å²) in [4.78, 5) is 34.3. The molecule has 2 amide bonds. The summed E-state index contributed by atoms with van der Waals surface area (Å²) in [6, 6.07) is 16.2.